The molecule has 1 unspecified atom stereocenters. The molecule has 0 radical (unpaired) electrons. The summed E-state index contributed by atoms with van der Waals surface area (Å²) in [5.41, 5.74) is 1.29. The fourth-order valence-electron chi connectivity index (χ4n) is 2.62. The number of hydrogen-bond acceptors (Lipinski definition) is 2. The van der Waals surface area contributed by atoms with Crippen LogP contribution in [0.1, 0.15) is 36.7 Å². The number of nitrogens with one attached hydrogen (secondary N) is 1. The van der Waals surface area contributed by atoms with Gasteiger partial charge in [0.1, 0.15) is 10.4 Å². The lowest BCUT2D eigenvalue weighted by molar-refractivity contribution is 0.516. The zero-order valence-corrected chi connectivity index (χ0v) is 10.4. The third kappa shape index (κ3) is 1.64. The Morgan fingerprint density at radius 3 is 3.07 bits per heavy atom. The van der Waals surface area contributed by atoms with Gasteiger partial charge in [0.05, 0.1) is 5.69 Å². The predicted molar refractivity (Wildman–Crippen MR) is 63.1 cm³/mol. The number of rotatable bonds is 1. The maximum Gasteiger partial charge on any atom is 0.109 e. The molecule has 0 aliphatic carbocycles. The number of aryl methyl sites for hydroxylation is 1. The summed E-state index contributed by atoms with van der Waals surface area (Å²) in [6.07, 6.45) is 4.98. The Kier molecular flexibility index (Phi) is 2.56. The predicted octanol–water partition coefficient (Wildman–Crippen LogP) is 2.06. The van der Waals surface area contributed by atoms with Gasteiger partial charge in [0.15, 0.2) is 0 Å². The first kappa shape index (κ1) is 9.85. The molecular weight excluding hydrogens is 254 g/mol. The van der Waals surface area contributed by atoms with Crippen LogP contribution in [0.5, 0.6) is 0 Å². The molecule has 3 heterocycles. The number of hydrogen-bond donors (Lipinski definition) is 1. The lowest BCUT2D eigenvalue weighted by Crippen LogP contribution is -2.10. The minimum atomic E-state index is 0.623. The van der Waals surface area contributed by atoms with Crippen LogP contribution in [0.3, 0.4) is 0 Å². The summed E-state index contributed by atoms with van der Waals surface area (Å²) in [4.78, 5) is 4.81. The van der Waals surface area contributed by atoms with E-state index in [-0.39, 0.29) is 0 Å². The van der Waals surface area contributed by atoms with E-state index in [0.29, 0.717) is 5.92 Å². The largest absolute Gasteiger partial charge is 0.323 e. The Hall–Kier alpha value is -0.350. The van der Waals surface area contributed by atoms with Crippen molar-refractivity contribution in [2.24, 2.45) is 0 Å². The number of nitrogens with zero attached hydrogens (tertiary/aromatic N) is 2. The standard InChI is InChI=1S/C11H16BrN3/c12-11-10(8-4-5-13-7-8)14-9-3-1-2-6-15(9)11/h8,13H,1-7H2. The van der Waals surface area contributed by atoms with Crippen molar-refractivity contribution in [3.05, 3.63) is 16.1 Å². The van der Waals surface area contributed by atoms with Crippen LogP contribution in [0.15, 0.2) is 4.60 Å². The van der Waals surface area contributed by atoms with Gasteiger partial charge < -0.3 is 9.88 Å². The van der Waals surface area contributed by atoms with Gasteiger partial charge in [-0.3, -0.25) is 0 Å². The topological polar surface area (TPSA) is 29.9 Å². The van der Waals surface area contributed by atoms with Crippen molar-refractivity contribution in [3.63, 3.8) is 0 Å². The van der Waals surface area contributed by atoms with E-state index in [2.05, 4.69) is 25.8 Å². The van der Waals surface area contributed by atoms with Crippen LogP contribution in [0.2, 0.25) is 0 Å². The molecule has 3 nitrogen and oxygen atoms in total. The summed E-state index contributed by atoms with van der Waals surface area (Å²) in [5, 5.41) is 3.41. The Labute approximate surface area is 98.4 Å². The Balaban J connectivity index is 1.97. The highest BCUT2D eigenvalue weighted by molar-refractivity contribution is 9.10. The maximum atomic E-state index is 4.81. The second-order valence-electron chi connectivity index (χ2n) is 4.50. The van der Waals surface area contributed by atoms with Crippen molar-refractivity contribution in [3.8, 4) is 0 Å². The van der Waals surface area contributed by atoms with Crippen LogP contribution in [-0.2, 0) is 13.0 Å². The smallest absolute Gasteiger partial charge is 0.109 e. The van der Waals surface area contributed by atoms with Crippen LogP contribution in [-0.4, -0.2) is 22.6 Å². The molecule has 4 heteroatoms. The van der Waals surface area contributed by atoms with E-state index in [1.54, 1.807) is 0 Å². The van der Waals surface area contributed by atoms with Gasteiger partial charge >= 0.3 is 0 Å². The summed E-state index contributed by atoms with van der Waals surface area (Å²) in [6, 6.07) is 0. The summed E-state index contributed by atoms with van der Waals surface area (Å²) < 4.78 is 3.60. The number of imidazole rings is 1. The second-order valence-corrected chi connectivity index (χ2v) is 5.25. The highest BCUT2D eigenvalue weighted by Gasteiger charge is 2.25. The average molecular weight is 270 g/mol. The zero-order chi connectivity index (χ0) is 10.3. The molecule has 1 aromatic heterocycles. The monoisotopic (exact) mass is 269 g/mol. The Morgan fingerprint density at radius 2 is 2.33 bits per heavy atom. The van der Waals surface area contributed by atoms with Crippen LogP contribution in [0.4, 0.5) is 0 Å². The van der Waals surface area contributed by atoms with Gasteiger partial charge in [-0.05, 0) is 41.7 Å². The van der Waals surface area contributed by atoms with Crippen molar-refractivity contribution in [1.82, 2.24) is 14.9 Å². The van der Waals surface area contributed by atoms with Crippen LogP contribution in [0.25, 0.3) is 0 Å². The van der Waals surface area contributed by atoms with E-state index in [1.807, 2.05) is 0 Å². The Morgan fingerprint density at radius 1 is 1.40 bits per heavy atom. The second kappa shape index (κ2) is 3.91. The lowest BCUT2D eigenvalue weighted by atomic mass is 10.1. The first-order valence-electron chi connectivity index (χ1n) is 5.82. The molecule has 0 aromatic carbocycles. The SMILES string of the molecule is Brc1c(C2CCNC2)nc2n1CCCC2. The molecule has 0 saturated carbocycles. The molecule has 1 saturated heterocycles. The molecule has 1 aromatic rings. The molecule has 0 amide bonds. The fraction of sp³-hybridized carbons (Fsp3) is 0.727. The van der Waals surface area contributed by atoms with Crippen molar-refractivity contribution >= 4 is 15.9 Å². The van der Waals surface area contributed by atoms with E-state index in [1.165, 1.54) is 35.4 Å². The van der Waals surface area contributed by atoms with Crippen LogP contribution >= 0.6 is 15.9 Å². The molecule has 2 aliphatic heterocycles. The average Bonchev–Trinajstić information content (AvgIpc) is 2.87. The summed E-state index contributed by atoms with van der Waals surface area (Å²) >= 11 is 3.72. The molecule has 0 spiro atoms. The summed E-state index contributed by atoms with van der Waals surface area (Å²) in [6.45, 7) is 3.37. The van der Waals surface area contributed by atoms with Crippen molar-refractivity contribution in [2.45, 2.75) is 38.1 Å². The third-order valence-electron chi connectivity index (χ3n) is 3.49. The molecule has 1 atom stereocenters. The normalized spacial score (nSPS) is 25.5. The zero-order valence-electron chi connectivity index (χ0n) is 8.80. The molecule has 1 N–H and O–H groups in total. The van der Waals surface area contributed by atoms with Gasteiger partial charge in [0.25, 0.3) is 0 Å². The molecule has 3 rings (SSSR count). The van der Waals surface area contributed by atoms with Gasteiger partial charge in [-0.1, -0.05) is 0 Å². The first-order chi connectivity index (χ1) is 7.36. The summed E-state index contributed by atoms with van der Waals surface area (Å²) in [5.74, 6) is 1.91. The number of fused-ring (bicyclic) bond motifs is 1. The van der Waals surface area contributed by atoms with Gasteiger partial charge in [-0.15, -0.1) is 0 Å². The van der Waals surface area contributed by atoms with E-state index in [0.717, 1.165) is 26.1 Å². The number of aromatic nitrogens is 2. The van der Waals surface area contributed by atoms with Crippen molar-refractivity contribution in [2.75, 3.05) is 13.1 Å². The molecule has 1 fully saturated rings. The highest BCUT2D eigenvalue weighted by Crippen LogP contribution is 2.31. The van der Waals surface area contributed by atoms with Gasteiger partial charge in [0.2, 0.25) is 0 Å². The molecular formula is C11H16BrN3. The highest BCUT2D eigenvalue weighted by atomic mass is 79.9. The van der Waals surface area contributed by atoms with Crippen LogP contribution in [0, 0.1) is 0 Å². The minimum Gasteiger partial charge on any atom is -0.323 e. The van der Waals surface area contributed by atoms with Gasteiger partial charge in [-0.25, -0.2) is 4.98 Å². The van der Waals surface area contributed by atoms with Gasteiger partial charge in [-0.2, -0.15) is 0 Å². The quantitative estimate of drug-likeness (QED) is 0.846. The maximum absolute atomic E-state index is 4.81. The van der Waals surface area contributed by atoms with Crippen molar-refractivity contribution < 1.29 is 0 Å². The van der Waals surface area contributed by atoms with E-state index in [4.69, 9.17) is 4.98 Å². The molecule has 2 aliphatic rings. The van der Waals surface area contributed by atoms with E-state index < -0.39 is 0 Å². The molecule has 0 bridgehead atoms. The van der Waals surface area contributed by atoms with E-state index in [9.17, 15) is 0 Å². The van der Waals surface area contributed by atoms with Crippen LogP contribution < -0.4 is 5.32 Å². The fourth-order valence-corrected chi connectivity index (χ4v) is 3.41. The first-order valence-corrected chi connectivity index (χ1v) is 6.61. The molecule has 15 heavy (non-hydrogen) atoms. The summed E-state index contributed by atoms with van der Waals surface area (Å²) in [7, 11) is 0. The molecule has 82 valence electrons. The lowest BCUT2D eigenvalue weighted by Gasteiger charge is -2.13. The number of halogens is 1. The minimum absolute atomic E-state index is 0.623. The Bertz CT molecular complexity index is 366. The van der Waals surface area contributed by atoms with Gasteiger partial charge in [0, 0.05) is 25.4 Å². The van der Waals surface area contributed by atoms with Crippen molar-refractivity contribution in [1.29, 1.82) is 0 Å². The third-order valence-corrected chi connectivity index (χ3v) is 4.32. The van der Waals surface area contributed by atoms with E-state index >= 15 is 0 Å².